The Morgan fingerprint density at radius 3 is 2.73 bits per heavy atom. The Morgan fingerprint density at radius 1 is 1.27 bits per heavy atom. The molecule has 1 heterocycles. The van der Waals surface area contributed by atoms with E-state index in [1.165, 1.54) is 4.70 Å². The van der Waals surface area contributed by atoms with Crippen LogP contribution >= 0.6 is 23.8 Å². The molecule has 4 heteroatoms. The molecule has 0 aliphatic rings. The topological polar surface area (TPSA) is 15.8 Å². The molecule has 0 unspecified atom stereocenters. The van der Waals surface area contributed by atoms with E-state index < -0.39 is 0 Å². The quantitative estimate of drug-likeness (QED) is 0.546. The van der Waals surface area contributed by atoms with Crippen molar-refractivity contribution < 1.29 is 19.5 Å². The maximum atomic E-state index is 5.04. The maximum Gasteiger partial charge on any atom is 0.121 e. The van der Waals surface area contributed by atoms with Crippen molar-refractivity contribution in [3.8, 4) is 0 Å². The minimum absolute atomic E-state index is 0. The van der Waals surface area contributed by atoms with E-state index >= 15 is 0 Å². The minimum Gasteiger partial charge on any atom is -0.301 e. The van der Waals surface area contributed by atoms with Gasteiger partial charge >= 0.3 is 0 Å². The van der Waals surface area contributed by atoms with Crippen molar-refractivity contribution in [1.82, 2.24) is 4.37 Å². The summed E-state index contributed by atoms with van der Waals surface area (Å²) in [7, 11) is 0. The molecule has 0 amide bonds. The van der Waals surface area contributed by atoms with Gasteiger partial charge in [0.05, 0.1) is 4.70 Å². The van der Waals surface area contributed by atoms with Gasteiger partial charge in [0.25, 0.3) is 0 Å². The van der Waals surface area contributed by atoms with Gasteiger partial charge in [0.2, 0.25) is 0 Å². The van der Waals surface area contributed by atoms with Crippen LogP contribution in [-0.4, -0.2) is 4.37 Å². The molecule has 0 radical (unpaired) electrons. The number of aromatic amines is 1. The molecule has 0 atom stereocenters. The molecular weight excluding hydrogens is 228 g/mol. The summed E-state index contributed by atoms with van der Waals surface area (Å²) in [6, 6.07) is 8.11. The largest absolute Gasteiger partial charge is 0.301 e. The average molecular weight is 233 g/mol. The summed E-state index contributed by atoms with van der Waals surface area (Å²) in [5.74, 6) is 0. The Bertz CT molecular complexity index is 404. The number of fused-ring (bicyclic) bond motifs is 1. The number of hydrogen-bond acceptors (Lipinski definition) is 2. The van der Waals surface area contributed by atoms with Crippen molar-refractivity contribution >= 4 is 33.8 Å². The molecule has 0 aliphatic carbocycles. The first-order valence-electron chi connectivity index (χ1n) is 2.94. The third-order valence-electron chi connectivity index (χ3n) is 1.39. The molecular formula is C7H5NS2Zn. The molecule has 52 valence electrons. The van der Waals surface area contributed by atoms with Crippen molar-refractivity contribution in [3.05, 3.63) is 28.9 Å². The van der Waals surface area contributed by atoms with E-state index in [0.717, 1.165) is 10.0 Å². The molecule has 1 N–H and O–H groups in total. The van der Waals surface area contributed by atoms with Gasteiger partial charge in [-0.25, -0.2) is 0 Å². The molecule has 2 aromatic rings. The van der Waals surface area contributed by atoms with Gasteiger partial charge in [-0.1, -0.05) is 41.9 Å². The Hall–Kier alpha value is -0.0466. The van der Waals surface area contributed by atoms with Gasteiger partial charge in [-0.05, 0) is 6.07 Å². The molecule has 0 spiro atoms. The predicted molar refractivity (Wildman–Crippen MR) is 47.0 cm³/mol. The van der Waals surface area contributed by atoms with E-state index in [0.29, 0.717) is 0 Å². The third-order valence-corrected chi connectivity index (χ3v) is 2.72. The second kappa shape index (κ2) is 3.57. The molecule has 2 rings (SSSR count). The summed E-state index contributed by atoms with van der Waals surface area (Å²) >= 11 is 6.63. The number of benzene rings is 1. The van der Waals surface area contributed by atoms with Gasteiger partial charge in [0.1, 0.15) is 4.64 Å². The second-order valence-electron chi connectivity index (χ2n) is 2.03. The van der Waals surface area contributed by atoms with Crippen LogP contribution in [0.4, 0.5) is 0 Å². The standard InChI is InChI=1S/C7H5NS2.Zn/c9-7-5-3-1-2-4-6(5)10-8-7;/h1-4H,(H,8,9);. The SMILES string of the molecule is S=c1[nH]sc2ccccc12.[Zn]. The van der Waals surface area contributed by atoms with Crippen LogP contribution in [0, 0.1) is 4.64 Å². The first kappa shape index (κ1) is 9.04. The monoisotopic (exact) mass is 231 g/mol. The molecule has 1 aromatic heterocycles. The smallest absolute Gasteiger partial charge is 0.121 e. The van der Waals surface area contributed by atoms with Gasteiger partial charge < -0.3 is 4.37 Å². The predicted octanol–water partition coefficient (Wildman–Crippen LogP) is 2.96. The van der Waals surface area contributed by atoms with Crippen LogP contribution in [0.2, 0.25) is 0 Å². The van der Waals surface area contributed by atoms with Gasteiger partial charge in [0, 0.05) is 24.9 Å². The zero-order valence-corrected chi connectivity index (χ0v) is 10.4. The van der Waals surface area contributed by atoms with Gasteiger partial charge in [0.15, 0.2) is 0 Å². The Labute approximate surface area is 86.4 Å². The minimum atomic E-state index is 0. The van der Waals surface area contributed by atoms with Gasteiger partial charge in [-0.15, -0.1) is 0 Å². The van der Waals surface area contributed by atoms with Crippen LogP contribution in [0.5, 0.6) is 0 Å². The Kier molecular flexibility index (Phi) is 2.93. The van der Waals surface area contributed by atoms with Crippen LogP contribution < -0.4 is 0 Å². The average Bonchev–Trinajstić information content (AvgIpc) is 2.34. The molecule has 1 nitrogen and oxygen atoms in total. The van der Waals surface area contributed by atoms with Gasteiger partial charge in [-0.2, -0.15) is 0 Å². The normalized spacial score (nSPS) is 9.45. The fraction of sp³-hybridized carbons (Fsp3) is 0. The maximum absolute atomic E-state index is 5.04. The van der Waals surface area contributed by atoms with Crippen LogP contribution in [0.3, 0.4) is 0 Å². The van der Waals surface area contributed by atoms with Crippen LogP contribution in [0.1, 0.15) is 0 Å². The molecule has 0 saturated carbocycles. The molecule has 11 heavy (non-hydrogen) atoms. The fourth-order valence-corrected chi connectivity index (χ4v) is 2.01. The van der Waals surface area contributed by atoms with E-state index in [4.69, 9.17) is 12.2 Å². The summed E-state index contributed by atoms with van der Waals surface area (Å²) in [5.41, 5.74) is 0. The molecule has 0 fully saturated rings. The number of H-pyrrole nitrogens is 1. The first-order chi connectivity index (χ1) is 4.88. The molecule has 0 bridgehead atoms. The van der Waals surface area contributed by atoms with Gasteiger partial charge in [-0.3, -0.25) is 0 Å². The summed E-state index contributed by atoms with van der Waals surface area (Å²) in [6.45, 7) is 0. The summed E-state index contributed by atoms with van der Waals surface area (Å²) in [6.07, 6.45) is 0. The number of hydrogen-bond donors (Lipinski definition) is 1. The summed E-state index contributed by atoms with van der Waals surface area (Å²) in [4.78, 5) is 0. The van der Waals surface area contributed by atoms with Crippen molar-refractivity contribution in [3.63, 3.8) is 0 Å². The van der Waals surface area contributed by atoms with E-state index in [-0.39, 0.29) is 19.5 Å². The zero-order valence-electron chi connectivity index (χ0n) is 5.83. The number of aromatic nitrogens is 1. The molecule has 0 aliphatic heterocycles. The van der Waals surface area contributed by atoms with Crippen molar-refractivity contribution in [2.24, 2.45) is 0 Å². The molecule has 0 saturated heterocycles. The van der Waals surface area contributed by atoms with E-state index in [1.807, 2.05) is 18.2 Å². The number of nitrogens with one attached hydrogen (secondary N) is 1. The first-order valence-corrected chi connectivity index (χ1v) is 4.16. The van der Waals surface area contributed by atoms with E-state index in [1.54, 1.807) is 11.5 Å². The summed E-state index contributed by atoms with van der Waals surface area (Å²) < 4.78 is 5.11. The van der Waals surface area contributed by atoms with E-state index in [2.05, 4.69) is 10.4 Å². The Morgan fingerprint density at radius 2 is 2.00 bits per heavy atom. The Balaban J connectivity index is 0.000000605. The van der Waals surface area contributed by atoms with Crippen molar-refractivity contribution in [1.29, 1.82) is 0 Å². The van der Waals surface area contributed by atoms with Crippen LogP contribution in [0.25, 0.3) is 10.1 Å². The third kappa shape index (κ3) is 1.58. The van der Waals surface area contributed by atoms with Crippen molar-refractivity contribution in [2.75, 3.05) is 0 Å². The zero-order chi connectivity index (χ0) is 6.97. The van der Waals surface area contributed by atoms with Crippen molar-refractivity contribution in [2.45, 2.75) is 0 Å². The fourth-order valence-electron chi connectivity index (χ4n) is 0.900. The number of rotatable bonds is 0. The molecule has 1 aromatic carbocycles. The van der Waals surface area contributed by atoms with E-state index in [9.17, 15) is 0 Å². The van der Waals surface area contributed by atoms with Crippen LogP contribution in [0.15, 0.2) is 24.3 Å². The second-order valence-corrected chi connectivity index (χ2v) is 3.29. The summed E-state index contributed by atoms with van der Waals surface area (Å²) in [5, 5.41) is 1.16. The van der Waals surface area contributed by atoms with Crippen LogP contribution in [-0.2, 0) is 19.5 Å².